The van der Waals surface area contributed by atoms with Gasteiger partial charge in [0.2, 0.25) is 0 Å². The van der Waals surface area contributed by atoms with Crippen molar-refractivity contribution in [2.24, 2.45) is 0 Å². The van der Waals surface area contributed by atoms with Crippen molar-refractivity contribution in [3.8, 4) is 0 Å². The highest BCUT2D eigenvalue weighted by Crippen LogP contribution is 2.16. The van der Waals surface area contributed by atoms with Crippen molar-refractivity contribution in [2.75, 3.05) is 14.1 Å². The molecule has 72 valence electrons. The summed E-state index contributed by atoms with van der Waals surface area (Å²) in [6.45, 7) is 6.71. The monoisotopic (exact) mass is 169 g/mol. The summed E-state index contributed by atoms with van der Waals surface area (Å²) in [6.07, 6.45) is 5.01. The Morgan fingerprint density at radius 2 is 1.75 bits per heavy atom. The molecule has 0 amide bonds. The summed E-state index contributed by atoms with van der Waals surface area (Å²) in [7, 11) is 4.29. The fourth-order valence-electron chi connectivity index (χ4n) is 1.37. The van der Waals surface area contributed by atoms with Gasteiger partial charge in [0.25, 0.3) is 0 Å². The van der Waals surface area contributed by atoms with E-state index in [2.05, 4.69) is 39.8 Å². The predicted molar refractivity (Wildman–Crippen MR) is 56.2 cm³/mol. The summed E-state index contributed by atoms with van der Waals surface area (Å²) in [5.41, 5.74) is 3.06. The molecule has 0 rings (SSSR count). The average molecular weight is 169 g/mol. The van der Waals surface area contributed by atoms with Gasteiger partial charge in [-0.1, -0.05) is 25.8 Å². The molecule has 0 aliphatic heterocycles. The highest BCUT2D eigenvalue weighted by atomic mass is 15.1. The zero-order chi connectivity index (χ0) is 9.56. The highest BCUT2D eigenvalue weighted by molar-refractivity contribution is 5.09. The molecule has 12 heavy (non-hydrogen) atoms. The van der Waals surface area contributed by atoms with Crippen molar-refractivity contribution in [3.05, 3.63) is 11.3 Å². The molecule has 0 radical (unpaired) electrons. The number of unbranched alkanes of at least 4 members (excludes halogenated alkanes) is 1. The van der Waals surface area contributed by atoms with E-state index >= 15 is 0 Å². The lowest BCUT2D eigenvalue weighted by Crippen LogP contribution is -2.13. The fourth-order valence-corrected chi connectivity index (χ4v) is 1.37. The maximum Gasteiger partial charge on any atom is 0.0116 e. The second-order valence-electron chi connectivity index (χ2n) is 3.58. The van der Waals surface area contributed by atoms with E-state index < -0.39 is 0 Å². The maximum atomic E-state index is 2.26. The van der Waals surface area contributed by atoms with Crippen LogP contribution in [0, 0.1) is 0 Å². The second-order valence-corrected chi connectivity index (χ2v) is 3.58. The molecule has 0 fully saturated rings. The Bertz CT molecular complexity index is 145. The minimum atomic E-state index is 1.18. The molecule has 0 aliphatic rings. The van der Waals surface area contributed by atoms with Gasteiger partial charge in [-0.15, -0.1) is 0 Å². The average Bonchev–Trinajstić information content (AvgIpc) is 2.04. The summed E-state index contributed by atoms with van der Waals surface area (Å²) in [6, 6.07) is 0. The van der Waals surface area contributed by atoms with Gasteiger partial charge in [0.15, 0.2) is 0 Å². The van der Waals surface area contributed by atoms with E-state index in [-0.39, 0.29) is 0 Å². The molecule has 0 saturated carbocycles. The van der Waals surface area contributed by atoms with Crippen molar-refractivity contribution in [1.82, 2.24) is 4.90 Å². The quantitative estimate of drug-likeness (QED) is 0.609. The third-order valence-corrected chi connectivity index (χ3v) is 2.33. The summed E-state index contributed by atoms with van der Waals surface area (Å²) < 4.78 is 0. The van der Waals surface area contributed by atoms with Gasteiger partial charge in [-0.3, -0.25) is 0 Å². The molecule has 0 heterocycles. The third-order valence-electron chi connectivity index (χ3n) is 2.33. The molecule has 0 aromatic heterocycles. The molecule has 1 nitrogen and oxygen atoms in total. The Kier molecular flexibility index (Phi) is 5.87. The Balaban J connectivity index is 4.22. The first-order valence-electron chi connectivity index (χ1n) is 4.99. The lowest BCUT2D eigenvalue weighted by molar-refractivity contribution is 0.469. The minimum absolute atomic E-state index is 1.18. The lowest BCUT2D eigenvalue weighted by Gasteiger charge is -2.20. The van der Waals surface area contributed by atoms with Crippen molar-refractivity contribution < 1.29 is 0 Å². The van der Waals surface area contributed by atoms with Gasteiger partial charge >= 0.3 is 0 Å². The smallest absolute Gasteiger partial charge is 0.0116 e. The molecular formula is C11H23N. The van der Waals surface area contributed by atoms with E-state index in [9.17, 15) is 0 Å². The first-order chi connectivity index (χ1) is 5.63. The van der Waals surface area contributed by atoms with E-state index in [1.165, 1.54) is 37.0 Å². The Hall–Kier alpha value is -0.460. The SMILES string of the molecule is CCCCC(=C(C)CC)N(C)C. The van der Waals surface area contributed by atoms with Crippen molar-refractivity contribution in [3.63, 3.8) is 0 Å². The van der Waals surface area contributed by atoms with Crippen LogP contribution in [-0.4, -0.2) is 19.0 Å². The van der Waals surface area contributed by atoms with E-state index in [4.69, 9.17) is 0 Å². The number of rotatable bonds is 5. The van der Waals surface area contributed by atoms with E-state index in [0.29, 0.717) is 0 Å². The highest BCUT2D eigenvalue weighted by Gasteiger charge is 2.02. The number of nitrogens with zero attached hydrogens (tertiary/aromatic N) is 1. The van der Waals surface area contributed by atoms with Gasteiger partial charge < -0.3 is 4.90 Å². The van der Waals surface area contributed by atoms with Gasteiger partial charge in [-0.2, -0.15) is 0 Å². The first kappa shape index (κ1) is 11.5. The normalized spacial score (nSPS) is 12.8. The van der Waals surface area contributed by atoms with Crippen LogP contribution in [-0.2, 0) is 0 Å². The molecule has 0 unspecified atom stereocenters. The molecule has 0 saturated heterocycles. The van der Waals surface area contributed by atoms with Crippen LogP contribution in [0.1, 0.15) is 46.5 Å². The first-order valence-corrected chi connectivity index (χ1v) is 4.99. The predicted octanol–water partition coefficient (Wildman–Crippen LogP) is 3.42. The molecule has 1 heteroatoms. The number of hydrogen-bond acceptors (Lipinski definition) is 1. The zero-order valence-electron chi connectivity index (χ0n) is 9.28. The lowest BCUT2D eigenvalue weighted by atomic mass is 10.1. The second kappa shape index (κ2) is 6.10. The van der Waals surface area contributed by atoms with Gasteiger partial charge in [-0.25, -0.2) is 0 Å². The molecule has 0 aromatic carbocycles. The zero-order valence-corrected chi connectivity index (χ0v) is 9.28. The Morgan fingerprint density at radius 1 is 1.17 bits per heavy atom. The number of allylic oxidation sites excluding steroid dienone is 2. The maximum absolute atomic E-state index is 2.26. The Labute approximate surface area is 77.5 Å². The fraction of sp³-hybridized carbons (Fsp3) is 0.818. The third kappa shape index (κ3) is 3.80. The molecular weight excluding hydrogens is 146 g/mol. The van der Waals surface area contributed by atoms with E-state index in [0.717, 1.165) is 0 Å². The van der Waals surface area contributed by atoms with Crippen LogP contribution in [0.2, 0.25) is 0 Å². The minimum Gasteiger partial charge on any atom is -0.381 e. The van der Waals surface area contributed by atoms with E-state index in [1.54, 1.807) is 0 Å². The molecule has 0 N–H and O–H groups in total. The van der Waals surface area contributed by atoms with Crippen LogP contribution in [0.25, 0.3) is 0 Å². The van der Waals surface area contributed by atoms with Crippen LogP contribution < -0.4 is 0 Å². The standard InChI is InChI=1S/C11H23N/c1-6-8-9-11(12(4)5)10(3)7-2/h6-9H2,1-5H3. The topological polar surface area (TPSA) is 3.24 Å². The summed E-state index contributed by atoms with van der Waals surface area (Å²) in [5, 5.41) is 0. The van der Waals surface area contributed by atoms with Crippen LogP contribution in [0.4, 0.5) is 0 Å². The van der Waals surface area contributed by atoms with Crippen LogP contribution >= 0.6 is 0 Å². The van der Waals surface area contributed by atoms with Crippen molar-refractivity contribution in [1.29, 1.82) is 0 Å². The van der Waals surface area contributed by atoms with E-state index in [1.807, 2.05) is 0 Å². The summed E-state index contributed by atoms with van der Waals surface area (Å²) in [5.74, 6) is 0. The largest absolute Gasteiger partial charge is 0.381 e. The van der Waals surface area contributed by atoms with Crippen molar-refractivity contribution >= 4 is 0 Å². The van der Waals surface area contributed by atoms with Crippen LogP contribution in [0.15, 0.2) is 11.3 Å². The van der Waals surface area contributed by atoms with Gasteiger partial charge in [0.05, 0.1) is 0 Å². The summed E-state index contributed by atoms with van der Waals surface area (Å²) >= 11 is 0. The van der Waals surface area contributed by atoms with Crippen molar-refractivity contribution in [2.45, 2.75) is 46.5 Å². The molecule has 0 bridgehead atoms. The summed E-state index contributed by atoms with van der Waals surface area (Å²) in [4.78, 5) is 2.26. The number of hydrogen-bond donors (Lipinski definition) is 0. The molecule has 0 spiro atoms. The van der Waals surface area contributed by atoms with Crippen LogP contribution in [0.3, 0.4) is 0 Å². The van der Waals surface area contributed by atoms with Gasteiger partial charge in [0, 0.05) is 19.8 Å². The molecule has 0 aromatic rings. The van der Waals surface area contributed by atoms with Gasteiger partial charge in [-0.05, 0) is 26.2 Å². The van der Waals surface area contributed by atoms with Gasteiger partial charge in [0.1, 0.15) is 0 Å². The van der Waals surface area contributed by atoms with Crippen LogP contribution in [0.5, 0.6) is 0 Å². The molecule has 0 atom stereocenters. The molecule has 0 aliphatic carbocycles. The Morgan fingerprint density at radius 3 is 2.08 bits per heavy atom.